The Bertz CT molecular complexity index is 627. The van der Waals surface area contributed by atoms with Crippen molar-refractivity contribution in [2.45, 2.75) is 32.9 Å². The van der Waals surface area contributed by atoms with Crippen molar-refractivity contribution >= 4 is 23.5 Å². The first-order valence-electron chi connectivity index (χ1n) is 7.02. The number of nitrogens with one attached hydrogen (secondary N) is 1. The van der Waals surface area contributed by atoms with Gasteiger partial charge in [-0.25, -0.2) is 0 Å². The van der Waals surface area contributed by atoms with Crippen LogP contribution in [-0.2, 0) is 23.9 Å². The molecule has 1 N–H and O–H groups in total. The summed E-state index contributed by atoms with van der Waals surface area (Å²) in [7, 11) is 0. The number of benzene rings is 1. The Kier molecular flexibility index (Phi) is 6.84. The highest BCUT2D eigenvalue weighted by Gasteiger charge is 2.28. The minimum atomic E-state index is -0.966. The van der Waals surface area contributed by atoms with Gasteiger partial charge in [-0.3, -0.25) is 24.5 Å². The molecular weight excluding hydrogens is 320 g/mol. The number of non-ortho nitro benzene ring substituents is 1. The number of carbonyl (C=O) groups excluding carboxylic acids is 3. The molecule has 0 unspecified atom stereocenters. The number of amides is 1. The first kappa shape index (κ1) is 19.1. The first-order valence-corrected chi connectivity index (χ1v) is 7.02. The predicted octanol–water partition coefficient (Wildman–Crippen LogP) is 1.27. The van der Waals surface area contributed by atoms with Gasteiger partial charge in [0, 0.05) is 32.9 Å². The zero-order valence-corrected chi connectivity index (χ0v) is 13.5. The number of rotatable bonds is 7. The Morgan fingerprint density at radius 2 is 1.71 bits per heavy atom. The van der Waals surface area contributed by atoms with Crippen LogP contribution in [-0.4, -0.2) is 35.4 Å². The number of carbonyl (C=O) groups is 3. The van der Waals surface area contributed by atoms with Crippen LogP contribution in [0.25, 0.3) is 0 Å². The van der Waals surface area contributed by atoms with Crippen LogP contribution >= 0.6 is 0 Å². The van der Waals surface area contributed by atoms with Crippen LogP contribution in [0.2, 0.25) is 0 Å². The van der Waals surface area contributed by atoms with Crippen LogP contribution in [0.1, 0.15) is 32.4 Å². The van der Waals surface area contributed by atoms with E-state index in [0.717, 1.165) is 0 Å². The highest BCUT2D eigenvalue weighted by molar-refractivity contribution is 5.73. The van der Waals surface area contributed by atoms with Crippen molar-refractivity contribution < 1.29 is 28.8 Å². The molecule has 0 aliphatic heterocycles. The van der Waals surface area contributed by atoms with Gasteiger partial charge in [0.1, 0.15) is 12.6 Å². The maximum absolute atomic E-state index is 11.4. The van der Waals surface area contributed by atoms with Gasteiger partial charge >= 0.3 is 11.9 Å². The number of hydrogen-bond donors (Lipinski definition) is 1. The smallest absolute Gasteiger partial charge is 0.303 e. The van der Waals surface area contributed by atoms with Crippen molar-refractivity contribution in [2.24, 2.45) is 0 Å². The molecule has 0 heterocycles. The van der Waals surface area contributed by atoms with Crippen LogP contribution in [0.5, 0.6) is 0 Å². The Labute approximate surface area is 138 Å². The predicted molar refractivity (Wildman–Crippen MR) is 81.8 cm³/mol. The van der Waals surface area contributed by atoms with E-state index in [1.165, 1.54) is 45.0 Å². The van der Waals surface area contributed by atoms with Crippen LogP contribution in [0.3, 0.4) is 0 Å². The van der Waals surface area contributed by atoms with Crippen LogP contribution in [0, 0.1) is 10.1 Å². The molecule has 9 heteroatoms. The fraction of sp³-hybridized carbons (Fsp3) is 0.400. The first-order chi connectivity index (χ1) is 11.2. The molecule has 0 saturated heterocycles. The lowest BCUT2D eigenvalue weighted by atomic mass is 10.0. The largest absolute Gasteiger partial charge is 0.464 e. The third-order valence-corrected chi connectivity index (χ3v) is 2.95. The molecule has 1 aromatic carbocycles. The van der Waals surface area contributed by atoms with Gasteiger partial charge in [0.2, 0.25) is 5.91 Å². The number of nitro groups is 1. The maximum atomic E-state index is 11.4. The highest BCUT2D eigenvalue weighted by Crippen LogP contribution is 2.24. The molecule has 0 aliphatic carbocycles. The van der Waals surface area contributed by atoms with Crippen LogP contribution in [0.4, 0.5) is 5.69 Å². The van der Waals surface area contributed by atoms with Crippen LogP contribution < -0.4 is 5.32 Å². The van der Waals surface area contributed by atoms with Crippen LogP contribution in [0.15, 0.2) is 24.3 Å². The monoisotopic (exact) mass is 338 g/mol. The average Bonchev–Trinajstić information content (AvgIpc) is 2.48. The number of nitro benzene ring substituents is 1. The average molecular weight is 338 g/mol. The zero-order valence-electron chi connectivity index (χ0n) is 13.5. The Morgan fingerprint density at radius 3 is 2.12 bits per heavy atom. The molecule has 9 nitrogen and oxygen atoms in total. The second-order valence-electron chi connectivity index (χ2n) is 4.99. The number of hydrogen-bond acceptors (Lipinski definition) is 7. The van der Waals surface area contributed by atoms with Crippen molar-refractivity contribution in [1.29, 1.82) is 0 Å². The Balaban J connectivity index is 3.13. The van der Waals surface area contributed by atoms with Gasteiger partial charge in [-0.2, -0.15) is 0 Å². The summed E-state index contributed by atoms with van der Waals surface area (Å²) >= 11 is 0. The van der Waals surface area contributed by atoms with Gasteiger partial charge in [-0.1, -0.05) is 0 Å². The summed E-state index contributed by atoms with van der Waals surface area (Å²) < 4.78 is 10.1. The SMILES string of the molecule is CC(=O)N[C@H](COC(C)=O)[C@@H](OC(C)=O)c1ccc([N+](=O)[O-])cc1. The van der Waals surface area contributed by atoms with E-state index in [1.807, 2.05) is 0 Å². The Hall–Kier alpha value is -2.97. The molecule has 0 saturated carbocycles. The fourth-order valence-corrected chi connectivity index (χ4v) is 2.02. The van der Waals surface area contributed by atoms with E-state index in [0.29, 0.717) is 5.56 Å². The van der Waals surface area contributed by atoms with Crippen molar-refractivity contribution in [3.05, 3.63) is 39.9 Å². The molecule has 2 atom stereocenters. The summed E-state index contributed by atoms with van der Waals surface area (Å²) in [5.74, 6) is -1.58. The topological polar surface area (TPSA) is 125 Å². The standard InChI is InChI=1S/C15H18N2O7/c1-9(18)16-14(8-23-10(2)19)15(24-11(3)20)12-4-6-13(7-5-12)17(21)22/h4-7,14-15H,8H2,1-3H3,(H,16,18)/t14-,15+/m1/s1. The van der Waals surface area contributed by atoms with E-state index in [2.05, 4.69) is 5.32 Å². The number of ether oxygens (including phenoxy) is 2. The van der Waals surface area contributed by atoms with Crippen molar-refractivity contribution in [3.63, 3.8) is 0 Å². The maximum Gasteiger partial charge on any atom is 0.303 e. The molecule has 0 aliphatic rings. The molecule has 0 aromatic heterocycles. The van der Waals surface area contributed by atoms with E-state index in [4.69, 9.17) is 9.47 Å². The molecule has 24 heavy (non-hydrogen) atoms. The lowest BCUT2D eigenvalue weighted by Gasteiger charge is -2.27. The van der Waals surface area contributed by atoms with Gasteiger partial charge in [0.25, 0.3) is 5.69 Å². The molecule has 1 rings (SSSR count). The normalized spacial score (nSPS) is 12.6. The molecule has 1 aromatic rings. The lowest BCUT2D eigenvalue weighted by Crippen LogP contribution is -2.43. The van der Waals surface area contributed by atoms with Crippen molar-refractivity contribution in [2.75, 3.05) is 6.61 Å². The van der Waals surface area contributed by atoms with Gasteiger partial charge in [0.15, 0.2) is 6.10 Å². The van der Waals surface area contributed by atoms with E-state index in [1.54, 1.807) is 0 Å². The minimum absolute atomic E-state index is 0.128. The third-order valence-electron chi connectivity index (χ3n) is 2.95. The molecule has 130 valence electrons. The van der Waals surface area contributed by atoms with Gasteiger partial charge in [-0.05, 0) is 17.7 Å². The second kappa shape index (κ2) is 8.61. The lowest BCUT2D eigenvalue weighted by molar-refractivity contribution is -0.384. The summed E-state index contributed by atoms with van der Waals surface area (Å²) in [6.07, 6.45) is -0.966. The highest BCUT2D eigenvalue weighted by atomic mass is 16.6. The fourth-order valence-electron chi connectivity index (χ4n) is 2.02. The van der Waals surface area contributed by atoms with Gasteiger partial charge < -0.3 is 14.8 Å². The van der Waals surface area contributed by atoms with Crippen molar-refractivity contribution in [3.8, 4) is 0 Å². The summed E-state index contributed by atoms with van der Waals surface area (Å²) in [5, 5.41) is 13.3. The van der Waals surface area contributed by atoms with Gasteiger partial charge in [0.05, 0.1) is 4.92 Å². The molecule has 0 radical (unpaired) electrons. The molecule has 0 spiro atoms. The summed E-state index contributed by atoms with van der Waals surface area (Å²) in [6, 6.07) is 4.49. The second-order valence-corrected chi connectivity index (χ2v) is 4.99. The Morgan fingerprint density at radius 1 is 1.12 bits per heavy atom. The van der Waals surface area contributed by atoms with E-state index in [9.17, 15) is 24.5 Å². The van der Waals surface area contributed by atoms with E-state index in [-0.39, 0.29) is 12.3 Å². The molecular formula is C15H18N2O7. The molecule has 1 amide bonds. The summed E-state index contributed by atoms with van der Waals surface area (Å²) in [6.45, 7) is 3.44. The van der Waals surface area contributed by atoms with Gasteiger partial charge in [-0.15, -0.1) is 0 Å². The molecule has 0 bridgehead atoms. The van der Waals surface area contributed by atoms with Crippen molar-refractivity contribution in [1.82, 2.24) is 5.32 Å². The number of nitrogens with zero attached hydrogens (tertiary/aromatic N) is 1. The third kappa shape index (κ3) is 6.03. The van der Waals surface area contributed by atoms with E-state index < -0.39 is 34.9 Å². The summed E-state index contributed by atoms with van der Waals surface area (Å²) in [5.41, 5.74) is 0.290. The summed E-state index contributed by atoms with van der Waals surface area (Å²) in [4.78, 5) is 43.9. The zero-order chi connectivity index (χ0) is 18.3. The minimum Gasteiger partial charge on any atom is -0.464 e. The van der Waals surface area contributed by atoms with E-state index >= 15 is 0 Å². The molecule has 0 fully saturated rings. The number of esters is 2. The quantitative estimate of drug-likeness (QED) is 0.451.